The molecular weight excluding hydrogens is 277 g/mol. The summed E-state index contributed by atoms with van der Waals surface area (Å²) in [5.41, 5.74) is 8.59. The Morgan fingerprint density at radius 2 is 2.08 bits per heavy atom. The van der Waals surface area contributed by atoms with E-state index in [-0.39, 0.29) is 5.78 Å². The Morgan fingerprint density at radius 3 is 2.85 bits per heavy atom. The molecular formula is C10H10INO. The van der Waals surface area contributed by atoms with Gasteiger partial charge >= 0.3 is 0 Å². The maximum atomic E-state index is 11.5. The monoisotopic (exact) mass is 287 g/mol. The number of nitrogens with two attached hydrogens (primary N) is 1. The van der Waals surface area contributed by atoms with E-state index in [1.165, 1.54) is 0 Å². The molecule has 0 saturated heterocycles. The number of hydrogen-bond donors (Lipinski definition) is 1. The first-order chi connectivity index (χ1) is 6.20. The molecule has 3 heteroatoms. The quantitative estimate of drug-likeness (QED) is 0.588. The number of anilines is 1. The first kappa shape index (κ1) is 8.99. The third-order valence-corrected chi connectivity index (χ3v) is 3.68. The van der Waals surface area contributed by atoms with Crippen LogP contribution in [-0.4, -0.2) is 5.78 Å². The highest BCUT2D eigenvalue weighted by Crippen LogP contribution is 2.29. The van der Waals surface area contributed by atoms with Crippen LogP contribution in [0.5, 0.6) is 0 Å². The van der Waals surface area contributed by atoms with Crippen molar-refractivity contribution in [1.29, 1.82) is 0 Å². The van der Waals surface area contributed by atoms with Gasteiger partial charge in [-0.2, -0.15) is 0 Å². The number of carbonyl (C=O) groups excluding carboxylic acids is 1. The number of ketones is 1. The summed E-state index contributed by atoms with van der Waals surface area (Å²) < 4.78 is 1.06. The third-order valence-electron chi connectivity index (χ3n) is 2.40. The van der Waals surface area contributed by atoms with E-state index in [0.29, 0.717) is 6.42 Å². The second-order valence-corrected chi connectivity index (χ2v) is 4.35. The van der Waals surface area contributed by atoms with E-state index in [1.54, 1.807) is 0 Å². The Labute approximate surface area is 90.6 Å². The van der Waals surface area contributed by atoms with E-state index in [1.807, 2.05) is 12.1 Å². The SMILES string of the molecule is Nc1ccc2c(c1I)CCCC2=O. The number of rotatable bonds is 0. The van der Waals surface area contributed by atoms with Gasteiger partial charge < -0.3 is 5.73 Å². The predicted octanol–water partition coefficient (Wildman–Crippen LogP) is 2.39. The summed E-state index contributed by atoms with van der Waals surface area (Å²) in [4.78, 5) is 11.5. The lowest BCUT2D eigenvalue weighted by Gasteiger charge is -2.16. The molecule has 1 aromatic carbocycles. The van der Waals surface area contributed by atoms with Crippen molar-refractivity contribution in [2.75, 3.05) is 5.73 Å². The molecule has 0 spiro atoms. The Balaban J connectivity index is 2.63. The summed E-state index contributed by atoms with van der Waals surface area (Å²) in [5, 5.41) is 0. The molecule has 0 radical (unpaired) electrons. The minimum atomic E-state index is 0.263. The largest absolute Gasteiger partial charge is 0.398 e. The Morgan fingerprint density at radius 1 is 1.31 bits per heavy atom. The summed E-state index contributed by atoms with van der Waals surface area (Å²) >= 11 is 2.22. The number of hydrogen-bond acceptors (Lipinski definition) is 2. The predicted molar refractivity (Wildman–Crippen MR) is 60.8 cm³/mol. The van der Waals surface area contributed by atoms with Crippen LogP contribution in [0, 0.1) is 3.57 Å². The van der Waals surface area contributed by atoms with Crippen molar-refractivity contribution >= 4 is 34.1 Å². The number of fused-ring (bicyclic) bond motifs is 1. The van der Waals surface area contributed by atoms with Gasteiger partial charge in [0.2, 0.25) is 0 Å². The Hall–Kier alpha value is -0.580. The zero-order valence-corrected chi connectivity index (χ0v) is 9.30. The topological polar surface area (TPSA) is 43.1 Å². The molecule has 0 aromatic heterocycles. The van der Waals surface area contributed by atoms with E-state index in [4.69, 9.17) is 5.73 Å². The van der Waals surface area contributed by atoms with Crippen molar-refractivity contribution in [2.45, 2.75) is 19.3 Å². The molecule has 68 valence electrons. The maximum Gasteiger partial charge on any atom is 0.163 e. The molecule has 0 saturated carbocycles. The van der Waals surface area contributed by atoms with Crippen LogP contribution in [0.1, 0.15) is 28.8 Å². The van der Waals surface area contributed by atoms with E-state index in [0.717, 1.165) is 33.2 Å². The molecule has 2 nitrogen and oxygen atoms in total. The van der Waals surface area contributed by atoms with Gasteiger partial charge in [-0.3, -0.25) is 4.79 Å². The fourth-order valence-electron chi connectivity index (χ4n) is 1.71. The minimum Gasteiger partial charge on any atom is -0.398 e. The molecule has 0 amide bonds. The van der Waals surface area contributed by atoms with Gasteiger partial charge in [0.25, 0.3) is 0 Å². The summed E-state index contributed by atoms with van der Waals surface area (Å²) in [5.74, 6) is 0.263. The Kier molecular flexibility index (Phi) is 2.27. The van der Waals surface area contributed by atoms with Crippen LogP contribution in [0.4, 0.5) is 5.69 Å². The Bertz CT molecular complexity index is 373. The lowest BCUT2D eigenvalue weighted by Crippen LogP contribution is -2.13. The molecule has 2 N–H and O–H groups in total. The lowest BCUT2D eigenvalue weighted by atomic mass is 9.90. The van der Waals surface area contributed by atoms with Gasteiger partial charge in [-0.25, -0.2) is 0 Å². The number of Topliss-reactive ketones (excluding diaryl/α,β-unsaturated/α-hetero) is 1. The molecule has 1 aromatic rings. The summed E-state index contributed by atoms with van der Waals surface area (Å²) in [6.45, 7) is 0. The highest BCUT2D eigenvalue weighted by atomic mass is 127. The number of halogens is 1. The van der Waals surface area contributed by atoms with Gasteiger partial charge in [-0.1, -0.05) is 0 Å². The van der Waals surface area contributed by atoms with Gasteiger partial charge in [0.1, 0.15) is 0 Å². The summed E-state index contributed by atoms with van der Waals surface area (Å²) in [7, 11) is 0. The normalized spacial score (nSPS) is 15.6. The van der Waals surface area contributed by atoms with Crippen molar-refractivity contribution < 1.29 is 4.79 Å². The first-order valence-corrected chi connectivity index (χ1v) is 5.38. The van der Waals surface area contributed by atoms with Crippen LogP contribution >= 0.6 is 22.6 Å². The van der Waals surface area contributed by atoms with Crippen molar-refractivity contribution in [3.63, 3.8) is 0 Å². The van der Waals surface area contributed by atoms with Gasteiger partial charge in [-0.15, -0.1) is 0 Å². The average Bonchev–Trinajstić information content (AvgIpc) is 2.12. The summed E-state index contributed by atoms with van der Waals surface area (Å²) in [6, 6.07) is 3.68. The van der Waals surface area contributed by atoms with Crippen LogP contribution in [-0.2, 0) is 6.42 Å². The molecule has 1 aliphatic carbocycles. The lowest BCUT2D eigenvalue weighted by molar-refractivity contribution is 0.0972. The van der Waals surface area contributed by atoms with Crippen LogP contribution < -0.4 is 5.73 Å². The number of carbonyl (C=O) groups is 1. The molecule has 0 atom stereocenters. The van der Waals surface area contributed by atoms with E-state index >= 15 is 0 Å². The third kappa shape index (κ3) is 1.45. The van der Waals surface area contributed by atoms with Crippen molar-refractivity contribution in [1.82, 2.24) is 0 Å². The molecule has 0 bridgehead atoms. The smallest absolute Gasteiger partial charge is 0.163 e. The van der Waals surface area contributed by atoms with Crippen LogP contribution in [0.15, 0.2) is 12.1 Å². The fourth-order valence-corrected chi connectivity index (χ4v) is 2.45. The fraction of sp³-hybridized carbons (Fsp3) is 0.300. The van der Waals surface area contributed by atoms with Crippen LogP contribution in [0.25, 0.3) is 0 Å². The second-order valence-electron chi connectivity index (χ2n) is 3.27. The zero-order chi connectivity index (χ0) is 9.42. The van der Waals surface area contributed by atoms with E-state index < -0.39 is 0 Å². The average molecular weight is 287 g/mol. The standard InChI is InChI=1S/C10H10INO/c11-10-7-2-1-3-9(13)6(7)4-5-8(10)12/h4-5H,1-3,12H2. The molecule has 1 aliphatic rings. The first-order valence-electron chi connectivity index (χ1n) is 4.30. The molecule has 2 rings (SSSR count). The molecule has 0 fully saturated rings. The zero-order valence-electron chi connectivity index (χ0n) is 7.14. The van der Waals surface area contributed by atoms with Crippen molar-refractivity contribution in [3.05, 3.63) is 26.8 Å². The van der Waals surface area contributed by atoms with Gasteiger partial charge in [-0.05, 0) is 53.1 Å². The second kappa shape index (κ2) is 3.29. The van der Waals surface area contributed by atoms with Gasteiger partial charge in [0.05, 0.1) is 0 Å². The van der Waals surface area contributed by atoms with E-state index in [9.17, 15) is 4.79 Å². The van der Waals surface area contributed by atoms with Crippen molar-refractivity contribution in [3.8, 4) is 0 Å². The molecule has 13 heavy (non-hydrogen) atoms. The van der Waals surface area contributed by atoms with Crippen molar-refractivity contribution in [2.24, 2.45) is 0 Å². The van der Waals surface area contributed by atoms with Gasteiger partial charge in [0.15, 0.2) is 5.78 Å². The highest BCUT2D eigenvalue weighted by molar-refractivity contribution is 14.1. The highest BCUT2D eigenvalue weighted by Gasteiger charge is 2.19. The van der Waals surface area contributed by atoms with Crippen LogP contribution in [0.2, 0.25) is 0 Å². The minimum absolute atomic E-state index is 0.263. The molecule has 0 heterocycles. The van der Waals surface area contributed by atoms with Crippen LogP contribution in [0.3, 0.4) is 0 Å². The number of nitrogen functional groups attached to an aromatic ring is 1. The maximum absolute atomic E-state index is 11.5. The number of benzene rings is 1. The summed E-state index contributed by atoms with van der Waals surface area (Å²) in [6.07, 6.45) is 2.64. The molecule has 0 aliphatic heterocycles. The van der Waals surface area contributed by atoms with Gasteiger partial charge in [0, 0.05) is 21.2 Å². The molecule has 0 unspecified atom stereocenters. The van der Waals surface area contributed by atoms with E-state index in [2.05, 4.69) is 22.6 Å².